The highest BCUT2D eigenvalue weighted by atomic mass is 32.2. The van der Waals surface area contributed by atoms with Gasteiger partial charge in [0.2, 0.25) is 5.91 Å². The molecule has 1 heterocycles. The average molecular weight is 536 g/mol. The predicted molar refractivity (Wildman–Crippen MR) is 145 cm³/mol. The van der Waals surface area contributed by atoms with Crippen molar-refractivity contribution in [1.82, 2.24) is 4.90 Å². The first-order valence-electron chi connectivity index (χ1n) is 13.9. The lowest BCUT2D eigenvalue weighted by atomic mass is 9.57. The molecule has 3 rings (SSSR count). The summed E-state index contributed by atoms with van der Waals surface area (Å²) in [5.41, 5.74) is -0.779. The molecule has 2 bridgehead atoms. The highest BCUT2D eigenvalue weighted by Crippen LogP contribution is 2.53. The first kappa shape index (κ1) is 29.7. The van der Waals surface area contributed by atoms with Crippen LogP contribution in [0, 0.1) is 22.7 Å². The lowest BCUT2D eigenvalue weighted by Crippen LogP contribution is -2.40. The molecule has 2 amide bonds. The molecule has 4 unspecified atom stereocenters. The van der Waals surface area contributed by atoms with Crippen LogP contribution in [0.15, 0.2) is 11.3 Å². The minimum absolute atomic E-state index is 0.0422. The van der Waals surface area contributed by atoms with E-state index in [2.05, 4.69) is 6.92 Å². The summed E-state index contributed by atoms with van der Waals surface area (Å²) in [7, 11) is 0. The molecule has 7 nitrogen and oxygen atoms in total. The Hall–Kier alpha value is -1.83. The van der Waals surface area contributed by atoms with Gasteiger partial charge in [0.1, 0.15) is 11.3 Å². The van der Waals surface area contributed by atoms with Crippen LogP contribution in [0.4, 0.5) is 0 Å². The molecule has 37 heavy (non-hydrogen) atoms. The zero-order chi connectivity index (χ0) is 27.4. The number of thioether (sulfide) groups is 1. The second kappa shape index (κ2) is 12.4. The van der Waals surface area contributed by atoms with Crippen LogP contribution in [-0.2, 0) is 23.9 Å². The maximum atomic E-state index is 13.1. The lowest BCUT2D eigenvalue weighted by molar-refractivity contribution is -0.147. The maximum absolute atomic E-state index is 13.1. The number of carbonyl (C=O) groups is 4. The quantitative estimate of drug-likeness (QED) is 0.256. The average Bonchev–Trinajstić information content (AvgIpc) is 3.05. The molecule has 0 aromatic carbocycles. The van der Waals surface area contributed by atoms with E-state index in [1.165, 1.54) is 63.6 Å². The third-order valence-electron chi connectivity index (χ3n) is 8.69. The van der Waals surface area contributed by atoms with Crippen LogP contribution in [0.5, 0.6) is 0 Å². The normalized spacial score (nSPS) is 28.0. The summed E-state index contributed by atoms with van der Waals surface area (Å²) in [5.74, 6) is -0.240. The Bertz CT molecular complexity index is 927. The minimum atomic E-state index is -0.810. The van der Waals surface area contributed by atoms with E-state index in [0.717, 1.165) is 23.2 Å². The SMILES string of the molecule is CCC1CC2CCCC(CCOC(=O)CC(C)(C)CC(=O)C3=C(O)C(CCSC)N(C(C)=O)C3=O)(C1)C2. The van der Waals surface area contributed by atoms with E-state index in [1.54, 1.807) is 13.8 Å². The minimum Gasteiger partial charge on any atom is -0.509 e. The number of Topliss-reactive ketones (excluding diaryl/α,β-unsaturated/α-hetero) is 1. The summed E-state index contributed by atoms with van der Waals surface area (Å²) in [5, 5.41) is 10.7. The molecule has 2 fully saturated rings. The van der Waals surface area contributed by atoms with E-state index in [-0.39, 0.29) is 30.1 Å². The fourth-order valence-corrected chi connectivity index (χ4v) is 7.42. The van der Waals surface area contributed by atoms with Gasteiger partial charge < -0.3 is 9.84 Å². The van der Waals surface area contributed by atoms with E-state index in [9.17, 15) is 24.3 Å². The van der Waals surface area contributed by atoms with Crippen molar-refractivity contribution < 1.29 is 29.0 Å². The van der Waals surface area contributed by atoms with Crippen molar-refractivity contribution in [2.75, 3.05) is 18.6 Å². The Balaban J connectivity index is 1.55. The van der Waals surface area contributed by atoms with Gasteiger partial charge in [-0.25, -0.2) is 0 Å². The third-order valence-corrected chi connectivity index (χ3v) is 9.34. The number of carbonyl (C=O) groups excluding carboxylic acids is 4. The van der Waals surface area contributed by atoms with Crippen molar-refractivity contribution >= 4 is 35.3 Å². The lowest BCUT2D eigenvalue weighted by Gasteiger charge is -2.48. The Morgan fingerprint density at radius 1 is 1.22 bits per heavy atom. The third kappa shape index (κ3) is 7.18. The molecule has 0 saturated heterocycles. The highest BCUT2D eigenvalue weighted by molar-refractivity contribution is 7.98. The molecule has 0 spiro atoms. The van der Waals surface area contributed by atoms with Crippen molar-refractivity contribution in [3.8, 4) is 0 Å². The van der Waals surface area contributed by atoms with Gasteiger partial charge in [-0.15, -0.1) is 0 Å². The largest absolute Gasteiger partial charge is 0.509 e. The van der Waals surface area contributed by atoms with Gasteiger partial charge in [0.25, 0.3) is 5.91 Å². The van der Waals surface area contributed by atoms with Crippen molar-refractivity contribution in [1.29, 1.82) is 0 Å². The van der Waals surface area contributed by atoms with Crippen LogP contribution < -0.4 is 0 Å². The van der Waals surface area contributed by atoms with E-state index < -0.39 is 29.1 Å². The van der Waals surface area contributed by atoms with Gasteiger partial charge in [0.15, 0.2) is 5.78 Å². The number of fused-ring (bicyclic) bond motifs is 2. The van der Waals surface area contributed by atoms with Crippen LogP contribution in [0.3, 0.4) is 0 Å². The van der Waals surface area contributed by atoms with Crippen LogP contribution in [-0.4, -0.2) is 58.2 Å². The molecule has 0 aromatic rings. The predicted octanol–water partition coefficient (Wildman–Crippen LogP) is 5.61. The van der Waals surface area contributed by atoms with Gasteiger partial charge in [0.05, 0.1) is 19.1 Å². The van der Waals surface area contributed by atoms with Gasteiger partial charge in [0, 0.05) is 13.3 Å². The molecule has 1 N–H and O–H groups in total. The summed E-state index contributed by atoms with van der Waals surface area (Å²) < 4.78 is 5.66. The van der Waals surface area contributed by atoms with Gasteiger partial charge in [-0.1, -0.05) is 40.0 Å². The van der Waals surface area contributed by atoms with Gasteiger partial charge in [-0.3, -0.25) is 24.1 Å². The smallest absolute Gasteiger partial charge is 0.306 e. The second-order valence-electron chi connectivity index (χ2n) is 12.3. The molecule has 2 saturated carbocycles. The molecule has 1 aliphatic heterocycles. The zero-order valence-corrected chi connectivity index (χ0v) is 24.1. The molecule has 2 aliphatic carbocycles. The van der Waals surface area contributed by atoms with Gasteiger partial charge in [-0.2, -0.15) is 11.8 Å². The number of esters is 1. The van der Waals surface area contributed by atoms with Crippen LogP contribution >= 0.6 is 11.8 Å². The summed E-state index contributed by atoms with van der Waals surface area (Å²) >= 11 is 1.53. The summed E-state index contributed by atoms with van der Waals surface area (Å²) in [6, 6.07) is -0.810. The number of ether oxygens (including phenoxy) is 1. The van der Waals surface area contributed by atoms with Crippen molar-refractivity contribution in [2.24, 2.45) is 22.7 Å². The number of amides is 2. The fourth-order valence-electron chi connectivity index (χ4n) is 6.97. The van der Waals surface area contributed by atoms with E-state index in [0.29, 0.717) is 24.2 Å². The Morgan fingerprint density at radius 2 is 1.95 bits per heavy atom. The van der Waals surface area contributed by atoms with Crippen molar-refractivity contribution in [2.45, 2.75) is 104 Å². The number of nitrogens with zero attached hydrogens (tertiary/aromatic N) is 1. The Morgan fingerprint density at radius 3 is 2.59 bits per heavy atom. The molecule has 8 heteroatoms. The number of hydrogen-bond donors (Lipinski definition) is 1. The van der Waals surface area contributed by atoms with Gasteiger partial charge >= 0.3 is 5.97 Å². The first-order chi connectivity index (χ1) is 17.4. The Kier molecular flexibility index (Phi) is 9.92. The number of hydrogen-bond acceptors (Lipinski definition) is 7. The maximum Gasteiger partial charge on any atom is 0.306 e. The second-order valence-corrected chi connectivity index (χ2v) is 13.3. The first-order valence-corrected chi connectivity index (χ1v) is 15.3. The number of aliphatic hydroxyl groups excluding tert-OH is 1. The summed E-state index contributed by atoms with van der Waals surface area (Å²) in [6.45, 7) is 7.51. The number of ketones is 1. The summed E-state index contributed by atoms with van der Waals surface area (Å²) in [4.78, 5) is 51.8. The Labute approximate surface area is 226 Å². The molecule has 0 aromatic heterocycles. The zero-order valence-electron chi connectivity index (χ0n) is 23.3. The number of imide groups is 1. The standard InChI is InChI=1S/C29H45NO6S/c1-6-20-14-21-8-7-10-29(15-20,16-21)11-12-36-24(33)18-28(3,4)17-23(32)25-26(34)22(9-13-37-5)30(19(2)31)27(25)35/h20-22,34H,6-18H2,1-5H3. The van der Waals surface area contributed by atoms with Crippen LogP contribution in [0.25, 0.3) is 0 Å². The highest BCUT2D eigenvalue weighted by Gasteiger charge is 2.45. The van der Waals surface area contributed by atoms with E-state index in [4.69, 9.17) is 4.74 Å². The van der Waals surface area contributed by atoms with Crippen molar-refractivity contribution in [3.63, 3.8) is 0 Å². The molecule has 208 valence electrons. The number of rotatable bonds is 12. The molecule has 4 atom stereocenters. The van der Waals surface area contributed by atoms with Crippen LogP contribution in [0.2, 0.25) is 0 Å². The fraction of sp³-hybridized carbons (Fsp3) is 0.793. The molecular formula is C29H45NO6S. The summed E-state index contributed by atoms with van der Waals surface area (Å²) in [6.07, 6.45) is 12.0. The molecule has 0 radical (unpaired) electrons. The van der Waals surface area contributed by atoms with Crippen LogP contribution in [0.1, 0.15) is 98.3 Å². The van der Waals surface area contributed by atoms with E-state index >= 15 is 0 Å². The molecular weight excluding hydrogens is 490 g/mol. The van der Waals surface area contributed by atoms with E-state index in [1.807, 2.05) is 6.26 Å². The van der Waals surface area contributed by atoms with Gasteiger partial charge in [-0.05, 0) is 73.2 Å². The monoisotopic (exact) mass is 535 g/mol. The topological polar surface area (TPSA) is 101 Å². The molecule has 3 aliphatic rings. The van der Waals surface area contributed by atoms with Crippen molar-refractivity contribution in [3.05, 3.63) is 11.3 Å². The number of aliphatic hydroxyl groups is 1.